The molecule has 1 aliphatic rings. The molecule has 0 saturated heterocycles. The van der Waals surface area contributed by atoms with E-state index in [2.05, 4.69) is 26.8 Å². The third kappa shape index (κ3) is 4.79. The van der Waals surface area contributed by atoms with Gasteiger partial charge in [0.15, 0.2) is 0 Å². The van der Waals surface area contributed by atoms with Crippen molar-refractivity contribution in [3.05, 3.63) is 93.6 Å². The van der Waals surface area contributed by atoms with E-state index in [1.54, 1.807) is 35.8 Å². The molecule has 1 aliphatic carbocycles. The van der Waals surface area contributed by atoms with E-state index < -0.39 is 0 Å². The van der Waals surface area contributed by atoms with Gasteiger partial charge in [-0.15, -0.1) is 11.3 Å². The zero-order chi connectivity index (χ0) is 25.3. The predicted octanol–water partition coefficient (Wildman–Crippen LogP) is 8.39. The lowest BCUT2D eigenvalue weighted by Crippen LogP contribution is -2.26. The zero-order valence-corrected chi connectivity index (χ0v) is 21.7. The van der Waals surface area contributed by atoms with Crippen LogP contribution in [0.25, 0.3) is 10.8 Å². The molecule has 3 aromatic carbocycles. The minimum Gasteiger partial charge on any atom is -0.488 e. The molecule has 182 valence electrons. The van der Waals surface area contributed by atoms with E-state index in [0.717, 1.165) is 40.6 Å². The molecular formula is C31H29FN2OS. The highest BCUT2D eigenvalue weighted by atomic mass is 32.1. The summed E-state index contributed by atoms with van der Waals surface area (Å²) in [6, 6.07) is 21.0. The molecule has 0 amide bonds. The highest BCUT2D eigenvalue weighted by Crippen LogP contribution is 2.45. The molecule has 0 radical (unpaired) electrons. The Morgan fingerprint density at radius 3 is 2.67 bits per heavy atom. The summed E-state index contributed by atoms with van der Waals surface area (Å²) < 4.78 is 20.3. The highest BCUT2D eigenvalue weighted by molar-refractivity contribution is 7.16. The van der Waals surface area contributed by atoms with Crippen LogP contribution >= 0.6 is 11.3 Å². The van der Waals surface area contributed by atoms with E-state index >= 15 is 0 Å². The molecule has 0 N–H and O–H groups in total. The molecule has 1 atom stereocenters. The van der Waals surface area contributed by atoms with Crippen LogP contribution in [-0.2, 0) is 19.4 Å². The second kappa shape index (κ2) is 9.87. The Kier molecular flexibility index (Phi) is 6.64. The van der Waals surface area contributed by atoms with Crippen molar-refractivity contribution in [2.75, 3.05) is 0 Å². The van der Waals surface area contributed by atoms with Crippen LogP contribution in [0.3, 0.4) is 0 Å². The summed E-state index contributed by atoms with van der Waals surface area (Å²) in [6.07, 6.45) is 4.83. The Morgan fingerprint density at radius 1 is 1.11 bits per heavy atom. The lowest BCUT2D eigenvalue weighted by molar-refractivity contribution is 0.218. The third-order valence-electron chi connectivity index (χ3n) is 7.17. The molecule has 1 heterocycles. The molecule has 0 aliphatic heterocycles. The van der Waals surface area contributed by atoms with E-state index in [-0.39, 0.29) is 17.8 Å². The number of hydrogen-bond donors (Lipinski definition) is 0. The Hall–Kier alpha value is -3.49. The van der Waals surface area contributed by atoms with Crippen LogP contribution in [-0.4, -0.2) is 6.21 Å². The number of thiophene rings is 1. The SMILES string of the molecule is CC(C)(C)[C@H]1CCc2c(sc(N=Cc3c(OCc4ccccc4F)ccc4ccccc34)c2C#N)C1. The minimum atomic E-state index is -0.287. The van der Waals surface area contributed by atoms with Crippen LogP contribution < -0.4 is 4.74 Å². The Morgan fingerprint density at radius 2 is 1.89 bits per heavy atom. The molecule has 0 saturated carbocycles. The molecular weight excluding hydrogens is 467 g/mol. The van der Waals surface area contributed by atoms with Crippen LogP contribution in [0, 0.1) is 28.5 Å². The Balaban J connectivity index is 1.51. The van der Waals surface area contributed by atoms with Gasteiger partial charge in [0.1, 0.15) is 29.2 Å². The quantitative estimate of drug-likeness (QED) is 0.260. The zero-order valence-electron chi connectivity index (χ0n) is 20.8. The third-order valence-corrected chi connectivity index (χ3v) is 8.33. The monoisotopic (exact) mass is 496 g/mol. The van der Waals surface area contributed by atoms with E-state index in [9.17, 15) is 9.65 Å². The fourth-order valence-electron chi connectivity index (χ4n) is 4.95. The van der Waals surface area contributed by atoms with Crippen LogP contribution in [0.4, 0.5) is 9.39 Å². The maximum Gasteiger partial charge on any atom is 0.134 e. The summed E-state index contributed by atoms with van der Waals surface area (Å²) in [4.78, 5) is 6.13. The van der Waals surface area contributed by atoms with Crippen molar-refractivity contribution in [3.63, 3.8) is 0 Å². The van der Waals surface area contributed by atoms with Crippen molar-refractivity contribution in [1.29, 1.82) is 5.26 Å². The largest absolute Gasteiger partial charge is 0.488 e. The van der Waals surface area contributed by atoms with Crippen LogP contribution in [0.5, 0.6) is 5.75 Å². The molecule has 0 bridgehead atoms. The topological polar surface area (TPSA) is 45.4 Å². The maximum atomic E-state index is 14.2. The predicted molar refractivity (Wildman–Crippen MR) is 146 cm³/mol. The van der Waals surface area contributed by atoms with Gasteiger partial charge in [-0.05, 0) is 59.1 Å². The smallest absolute Gasteiger partial charge is 0.134 e. The van der Waals surface area contributed by atoms with E-state index in [0.29, 0.717) is 22.8 Å². The van der Waals surface area contributed by atoms with Gasteiger partial charge in [0, 0.05) is 22.2 Å². The summed E-state index contributed by atoms with van der Waals surface area (Å²) in [6.45, 7) is 7.01. The van der Waals surface area contributed by atoms with Crippen molar-refractivity contribution < 1.29 is 9.13 Å². The lowest BCUT2D eigenvalue weighted by Gasteiger charge is -2.33. The van der Waals surface area contributed by atoms with Gasteiger partial charge in [-0.2, -0.15) is 5.26 Å². The molecule has 0 fully saturated rings. The second-order valence-electron chi connectivity index (χ2n) is 10.4. The first-order chi connectivity index (χ1) is 17.3. The van der Waals surface area contributed by atoms with Gasteiger partial charge < -0.3 is 4.74 Å². The van der Waals surface area contributed by atoms with Crippen LogP contribution in [0.2, 0.25) is 0 Å². The van der Waals surface area contributed by atoms with Crippen molar-refractivity contribution in [1.82, 2.24) is 0 Å². The Labute approximate surface area is 215 Å². The Bertz CT molecular complexity index is 1490. The normalized spacial score (nSPS) is 15.7. The number of nitrogens with zero attached hydrogens (tertiary/aromatic N) is 2. The van der Waals surface area contributed by atoms with Crippen molar-refractivity contribution in [3.8, 4) is 11.8 Å². The van der Waals surface area contributed by atoms with E-state index in [4.69, 9.17) is 9.73 Å². The first-order valence-electron chi connectivity index (χ1n) is 12.3. The number of ether oxygens (including phenoxy) is 1. The molecule has 0 spiro atoms. The number of rotatable bonds is 5. The number of hydrogen-bond acceptors (Lipinski definition) is 4. The number of halogens is 1. The van der Waals surface area contributed by atoms with Gasteiger partial charge >= 0.3 is 0 Å². The maximum absolute atomic E-state index is 14.2. The van der Waals surface area contributed by atoms with Crippen LogP contribution in [0.1, 0.15) is 54.3 Å². The summed E-state index contributed by atoms with van der Waals surface area (Å²) in [5.41, 5.74) is 3.44. The number of nitriles is 1. The molecule has 5 heteroatoms. The summed E-state index contributed by atoms with van der Waals surface area (Å²) in [7, 11) is 0. The highest BCUT2D eigenvalue weighted by Gasteiger charge is 2.32. The van der Waals surface area contributed by atoms with E-state index in [1.807, 2.05) is 36.4 Å². The van der Waals surface area contributed by atoms with Crippen LogP contribution in [0.15, 0.2) is 65.7 Å². The van der Waals surface area contributed by atoms with Crippen molar-refractivity contribution >= 4 is 33.3 Å². The minimum absolute atomic E-state index is 0.122. The fourth-order valence-corrected chi connectivity index (χ4v) is 6.17. The first-order valence-corrected chi connectivity index (χ1v) is 13.1. The van der Waals surface area contributed by atoms with Gasteiger partial charge in [-0.25, -0.2) is 9.38 Å². The van der Waals surface area contributed by atoms with Crippen molar-refractivity contribution in [2.45, 2.75) is 46.6 Å². The fraction of sp³-hybridized carbons (Fsp3) is 0.290. The number of aliphatic imine (C=N–C) groups is 1. The number of fused-ring (bicyclic) bond motifs is 2. The average Bonchev–Trinajstić information content (AvgIpc) is 3.23. The van der Waals surface area contributed by atoms with E-state index in [1.165, 1.54) is 16.5 Å². The average molecular weight is 497 g/mol. The van der Waals surface area contributed by atoms with Gasteiger partial charge in [0.2, 0.25) is 0 Å². The number of benzene rings is 3. The van der Waals surface area contributed by atoms with Gasteiger partial charge in [0.25, 0.3) is 0 Å². The van der Waals surface area contributed by atoms with Gasteiger partial charge in [-0.3, -0.25) is 0 Å². The van der Waals surface area contributed by atoms with Gasteiger partial charge in [-0.1, -0.05) is 69.3 Å². The molecule has 1 aromatic heterocycles. The molecule has 36 heavy (non-hydrogen) atoms. The second-order valence-corrected chi connectivity index (χ2v) is 11.5. The summed E-state index contributed by atoms with van der Waals surface area (Å²) in [5, 5.41) is 12.8. The molecule has 5 rings (SSSR count). The molecule has 0 unspecified atom stereocenters. The molecule has 4 aromatic rings. The summed E-state index contributed by atoms with van der Waals surface area (Å²) in [5.74, 6) is 0.946. The lowest BCUT2D eigenvalue weighted by atomic mass is 9.72. The molecule has 3 nitrogen and oxygen atoms in total. The van der Waals surface area contributed by atoms with Crippen molar-refractivity contribution in [2.24, 2.45) is 16.3 Å². The summed E-state index contributed by atoms with van der Waals surface area (Å²) >= 11 is 1.64. The first kappa shape index (κ1) is 24.2. The standard InChI is InChI=1S/C31H29FN2OS/c1-31(2,3)22-13-14-24-25(17-33)30(36-29(24)16-22)34-18-26-23-10-6-4-8-20(23)12-15-28(26)35-19-21-9-5-7-11-27(21)32/h4-12,15,18,22H,13-14,16,19H2,1-3H3/t22-/m0/s1. The van der Waals surface area contributed by atoms with Gasteiger partial charge in [0.05, 0.1) is 5.56 Å².